The van der Waals surface area contributed by atoms with Crippen LogP contribution in [0.1, 0.15) is 53.2 Å². The lowest BCUT2D eigenvalue weighted by atomic mass is 10.1. The van der Waals surface area contributed by atoms with Crippen molar-refractivity contribution in [3.05, 3.63) is 156 Å². The second kappa shape index (κ2) is 12.3. The minimum Gasteiger partial charge on any atom is -0.433 e. The number of fused-ring (bicyclic) bond motifs is 1. The fourth-order valence-corrected chi connectivity index (χ4v) is 4.70. The topological polar surface area (TPSA) is 153 Å². The van der Waals surface area contributed by atoms with Crippen molar-refractivity contribution in [2.75, 3.05) is 0 Å². The van der Waals surface area contributed by atoms with Crippen molar-refractivity contribution in [1.82, 2.24) is 14.1 Å². The second-order valence-corrected chi connectivity index (χ2v) is 10.2. The van der Waals surface area contributed by atoms with E-state index < -0.39 is 58.8 Å². The fraction of sp³-hybridized carbons (Fsp3) is 0.0312. The highest BCUT2D eigenvalue weighted by molar-refractivity contribution is 6.32. The molecule has 5 aromatic rings. The van der Waals surface area contributed by atoms with Gasteiger partial charge in [0.25, 0.3) is 11.5 Å². The lowest BCUT2D eigenvalue weighted by Gasteiger charge is -2.16. The van der Waals surface area contributed by atoms with Gasteiger partial charge < -0.3 is 14.2 Å². The van der Waals surface area contributed by atoms with Crippen molar-refractivity contribution in [3.8, 4) is 11.8 Å². The molecule has 6 rings (SSSR count). The first-order valence-electron chi connectivity index (χ1n) is 13.4. The molecule has 3 aromatic carbocycles. The maximum atomic E-state index is 14.8. The van der Waals surface area contributed by atoms with Gasteiger partial charge in [-0.3, -0.25) is 14.2 Å². The monoisotopic (exact) mass is 659 g/mol. The van der Waals surface area contributed by atoms with Gasteiger partial charge in [0.2, 0.25) is 23.8 Å². The minimum atomic E-state index is -1.58. The highest BCUT2D eigenvalue weighted by Crippen LogP contribution is 2.31. The zero-order chi connectivity index (χ0) is 33.4. The van der Waals surface area contributed by atoms with Gasteiger partial charge in [0.1, 0.15) is 10.8 Å². The molecule has 47 heavy (non-hydrogen) atoms. The molecule has 0 spiro atoms. The van der Waals surface area contributed by atoms with Crippen LogP contribution in [0.5, 0.6) is 11.8 Å². The minimum absolute atomic E-state index is 0.00587. The molecule has 0 N–H and O–H groups in total. The highest BCUT2D eigenvalue weighted by Gasteiger charge is 2.34. The molecule has 0 radical (unpaired) electrons. The van der Waals surface area contributed by atoms with Gasteiger partial charge in [-0.1, -0.05) is 35.9 Å². The summed E-state index contributed by atoms with van der Waals surface area (Å²) in [6.07, 6.45) is -0.922. The Hall–Kier alpha value is -6.28. The van der Waals surface area contributed by atoms with Crippen molar-refractivity contribution >= 4 is 35.4 Å². The van der Waals surface area contributed by atoms with Crippen LogP contribution in [0.4, 0.5) is 8.78 Å². The number of hydrogen-bond donors (Lipinski definition) is 0. The Morgan fingerprint density at radius 3 is 2.28 bits per heavy atom. The van der Waals surface area contributed by atoms with Crippen LogP contribution in [0.15, 0.2) is 101 Å². The molecule has 2 aromatic heterocycles. The number of hydrogen-bond acceptors (Lipinski definition) is 10. The summed E-state index contributed by atoms with van der Waals surface area (Å²) < 4.78 is 44.2. The zero-order valence-corrected chi connectivity index (χ0v) is 24.1. The quantitative estimate of drug-likeness (QED) is 0.243. The molecule has 1 aliphatic heterocycles. The van der Waals surface area contributed by atoms with E-state index in [0.29, 0.717) is 10.8 Å². The van der Waals surface area contributed by atoms with E-state index in [0.717, 1.165) is 24.3 Å². The number of nitrogens with zero attached hydrogens (tertiary/aromatic N) is 3. The van der Waals surface area contributed by atoms with Crippen LogP contribution < -0.4 is 20.7 Å². The third kappa shape index (κ3) is 5.92. The number of esters is 3. The number of aromatic nitrogens is 3. The van der Waals surface area contributed by atoms with E-state index in [-0.39, 0.29) is 43.3 Å². The van der Waals surface area contributed by atoms with E-state index in [4.69, 9.17) is 25.8 Å². The molecule has 0 bridgehead atoms. The van der Waals surface area contributed by atoms with Crippen LogP contribution in [-0.2, 0) is 4.74 Å². The van der Waals surface area contributed by atoms with E-state index in [2.05, 4.69) is 4.98 Å². The number of cyclic esters (lactones) is 1. The van der Waals surface area contributed by atoms with Crippen LogP contribution in [0, 0.1) is 11.6 Å². The molecule has 0 saturated carbocycles. The fourth-order valence-electron chi connectivity index (χ4n) is 4.55. The summed E-state index contributed by atoms with van der Waals surface area (Å²) in [6.45, 7) is 0. The highest BCUT2D eigenvalue weighted by atomic mass is 35.5. The Morgan fingerprint density at radius 1 is 0.809 bits per heavy atom. The van der Waals surface area contributed by atoms with Crippen molar-refractivity contribution in [1.29, 1.82) is 0 Å². The normalized spacial score (nSPS) is 13.4. The van der Waals surface area contributed by atoms with Crippen molar-refractivity contribution < 1.29 is 42.2 Å². The van der Waals surface area contributed by atoms with Crippen LogP contribution in [0.2, 0.25) is 5.02 Å². The molecule has 15 heteroatoms. The number of ether oxygens (including phenoxy) is 3. The van der Waals surface area contributed by atoms with E-state index >= 15 is 0 Å². The standard InChI is InChI=1S/C32H16ClF2N3O9/c33-22-12-13-24(45-29(41)16-8-10-19(34)11-9-16)36-25(22)46-30(42)18-5-3-4-17(14-18)26(39)38-27(40)23(35)15-37(32(38)44)28-20-6-1-2-7-21(20)31(43)47-28/h1-15,28H. The summed E-state index contributed by atoms with van der Waals surface area (Å²) in [6, 6.07) is 17.6. The average molecular weight is 660 g/mol. The SMILES string of the molecule is O=C(Oc1ccc(Cl)c(OC(=O)c2cccc(C(=O)n3c(=O)c(F)cn(C4OC(=O)c5ccccc54)c3=O)c2)n1)c1ccc(F)cc1. The summed E-state index contributed by atoms with van der Waals surface area (Å²) in [5.41, 5.74) is -3.21. The van der Waals surface area contributed by atoms with Gasteiger partial charge in [-0.15, -0.1) is 0 Å². The number of halogens is 3. The van der Waals surface area contributed by atoms with E-state index in [1.165, 1.54) is 48.5 Å². The van der Waals surface area contributed by atoms with Gasteiger partial charge in [-0.05, 0) is 54.6 Å². The summed E-state index contributed by atoms with van der Waals surface area (Å²) in [7, 11) is 0. The predicted molar refractivity (Wildman–Crippen MR) is 157 cm³/mol. The smallest absolute Gasteiger partial charge is 0.344 e. The molecule has 0 saturated heterocycles. The lowest BCUT2D eigenvalue weighted by Crippen LogP contribution is -2.46. The van der Waals surface area contributed by atoms with Gasteiger partial charge in [0.15, 0.2) is 0 Å². The first-order valence-corrected chi connectivity index (χ1v) is 13.7. The number of pyridine rings is 1. The van der Waals surface area contributed by atoms with Crippen molar-refractivity contribution in [2.24, 2.45) is 0 Å². The molecule has 1 unspecified atom stereocenters. The van der Waals surface area contributed by atoms with Gasteiger partial charge in [-0.2, -0.15) is 13.9 Å². The number of rotatable bonds is 6. The largest absolute Gasteiger partial charge is 0.433 e. The molecule has 234 valence electrons. The zero-order valence-electron chi connectivity index (χ0n) is 23.4. The Labute approximate surface area is 266 Å². The summed E-state index contributed by atoms with van der Waals surface area (Å²) in [5.74, 6) is -6.92. The molecular weight excluding hydrogens is 644 g/mol. The third-order valence-electron chi connectivity index (χ3n) is 6.79. The molecule has 1 aliphatic rings. The van der Waals surface area contributed by atoms with E-state index in [1.807, 2.05) is 0 Å². The Bertz CT molecular complexity index is 2250. The van der Waals surface area contributed by atoms with Gasteiger partial charge in [-0.25, -0.2) is 23.6 Å². The summed E-state index contributed by atoms with van der Waals surface area (Å²) in [4.78, 5) is 81.0. The molecule has 3 heterocycles. The maximum Gasteiger partial charge on any atom is 0.344 e. The van der Waals surface area contributed by atoms with Crippen LogP contribution in [0.3, 0.4) is 0 Å². The van der Waals surface area contributed by atoms with E-state index in [1.54, 1.807) is 12.1 Å². The third-order valence-corrected chi connectivity index (χ3v) is 7.08. The lowest BCUT2D eigenvalue weighted by molar-refractivity contribution is 0.0303. The Balaban J connectivity index is 1.26. The molecule has 12 nitrogen and oxygen atoms in total. The van der Waals surface area contributed by atoms with Crippen LogP contribution in [0.25, 0.3) is 0 Å². The molecule has 0 amide bonds. The molecule has 0 aliphatic carbocycles. The second-order valence-electron chi connectivity index (χ2n) is 9.76. The van der Waals surface area contributed by atoms with Gasteiger partial charge in [0.05, 0.1) is 22.9 Å². The Kier molecular flexibility index (Phi) is 8.01. The van der Waals surface area contributed by atoms with Crippen LogP contribution >= 0.6 is 11.6 Å². The van der Waals surface area contributed by atoms with Crippen molar-refractivity contribution in [3.63, 3.8) is 0 Å². The molecule has 1 atom stereocenters. The average Bonchev–Trinajstić information content (AvgIpc) is 3.40. The number of benzene rings is 3. The number of carbonyl (C=O) groups is 4. The van der Waals surface area contributed by atoms with Crippen LogP contribution in [-0.4, -0.2) is 37.9 Å². The molecular formula is C32H16ClF2N3O9. The maximum absolute atomic E-state index is 14.8. The first kappa shape index (κ1) is 30.7. The van der Waals surface area contributed by atoms with Gasteiger partial charge >= 0.3 is 23.6 Å². The van der Waals surface area contributed by atoms with Gasteiger partial charge in [0, 0.05) is 17.2 Å². The summed E-state index contributed by atoms with van der Waals surface area (Å²) in [5, 5.41) is -0.159. The van der Waals surface area contributed by atoms with Crippen molar-refractivity contribution in [2.45, 2.75) is 6.23 Å². The number of carbonyl (C=O) groups excluding carboxylic acids is 4. The van der Waals surface area contributed by atoms with E-state index in [9.17, 15) is 37.5 Å². The summed E-state index contributed by atoms with van der Waals surface area (Å²) >= 11 is 6.10. The first-order chi connectivity index (χ1) is 22.5. The Morgan fingerprint density at radius 2 is 1.51 bits per heavy atom. The predicted octanol–water partition coefficient (Wildman–Crippen LogP) is 4.18. The molecule has 0 fully saturated rings.